The van der Waals surface area contributed by atoms with E-state index >= 15 is 0 Å². The van der Waals surface area contributed by atoms with Gasteiger partial charge in [-0.3, -0.25) is 0 Å². The van der Waals surface area contributed by atoms with Gasteiger partial charge in [-0.05, 0) is 36.2 Å². The van der Waals surface area contributed by atoms with E-state index in [1.54, 1.807) is 7.11 Å². The normalized spacial score (nSPS) is 15.9. The molecular formula is C21H19N5O3. The zero-order valence-corrected chi connectivity index (χ0v) is 16.1. The predicted octanol–water partition coefficient (Wildman–Crippen LogP) is 3.58. The van der Waals surface area contributed by atoms with Crippen molar-refractivity contribution in [2.24, 2.45) is 0 Å². The van der Waals surface area contributed by atoms with Crippen LogP contribution in [0.2, 0.25) is 0 Å². The number of hydrogen-bond acceptors (Lipinski definition) is 7. The number of ether oxygens (including phenoxy) is 2. The van der Waals surface area contributed by atoms with Crippen LogP contribution in [0.5, 0.6) is 5.75 Å². The fourth-order valence-electron chi connectivity index (χ4n) is 3.45. The highest BCUT2D eigenvalue weighted by Gasteiger charge is 2.27. The van der Waals surface area contributed by atoms with E-state index in [-0.39, 0.29) is 6.10 Å². The summed E-state index contributed by atoms with van der Waals surface area (Å²) < 4.78 is 18.6. The molecule has 0 N–H and O–H groups in total. The van der Waals surface area contributed by atoms with Gasteiger partial charge < -0.3 is 14.0 Å². The third kappa shape index (κ3) is 3.17. The van der Waals surface area contributed by atoms with Gasteiger partial charge in [-0.15, -0.1) is 5.10 Å². The summed E-state index contributed by atoms with van der Waals surface area (Å²) >= 11 is 0. The molecule has 8 nitrogen and oxygen atoms in total. The number of aryl methyl sites for hydroxylation is 1. The van der Waals surface area contributed by atoms with Crippen LogP contribution in [0.1, 0.15) is 22.9 Å². The number of nitrogens with zero attached hydrogens (tertiary/aromatic N) is 5. The van der Waals surface area contributed by atoms with Crippen LogP contribution >= 0.6 is 0 Å². The summed E-state index contributed by atoms with van der Waals surface area (Å²) in [6, 6.07) is 15.7. The molecule has 29 heavy (non-hydrogen) atoms. The minimum Gasteiger partial charge on any atom is -0.497 e. The Morgan fingerprint density at radius 1 is 1.10 bits per heavy atom. The zero-order chi connectivity index (χ0) is 19.8. The Morgan fingerprint density at radius 3 is 2.72 bits per heavy atom. The number of aromatic nitrogens is 5. The minimum atomic E-state index is -0.101. The number of rotatable bonds is 4. The molecule has 2 aromatic carbocycles. The van der Waals surface area contributed by atoms with Crippen LogP contribution in [0.15, 0.2) is 53.1 Å². The number of hydrogen-bond donors (Lipinski definition) is 0. The van der Waals surface area contributed by atoms with Gasteiger partial charge in [0.2, 0.25) is 5.82 Å². The maximum Gasteiger partial charge on any atom is 0.258 e. The highest BCUT2D eigenvalue weighted by Crippen LogP contribution is 2.31. The Balaban J connectivity index is 1.40. The Bertz CT molecular complexity index is 1150. The fraction of sp³-hybridized carbons (Fsp3) is 0.238. The van der Waals surface area contributed by atoms with Crippen molar-refractivity contribution >= 4 is 0 Å². The molecule has 1 atom stereocenters. The molecule has 1 aliphatic heterocycles. The molecule has 0 saturated carbocycles. The minimum absolute atomic E-state index is 0.101. The van der Waals surface area contributed by atoms with Gasteiger partial charge in [0, 0.05) is 5.56 Å². The molecule has 2 aromatic heterocycles. The highest BCUT2D eigenvalue weighted by atomic mass is 16.5. The molecule has 8 heteroatoms. The average Bonchev–Trinajstić information content (AvgIpc) is 3.40. The lowest BCUT2D eigenvalue weighted by Crippen LogP contribution is -2.22. The van der Waals surface area contributed by atoms with E-state index < -0.39 is 0 Å². The third-order valence-corrected chi connectivity index (χ3v) is 5.10. The van der Waals surface area contributed by atoms with Crippen LogP contribution in [0.4, 0.5) is 0 Å². The number of benzene rings is 2. The van der Waals surface area contributed by atoms with Gasteiger partial charge in [0.15, 0.2) is 5.69 Å². The van der Waals surface area contributed by atoms with E-state index in [0.717, 1.165) is 28.1 Å². The first-order valence-corrected chi connectivity index (χ1v) is 9.31. The Kier molecular flexibility index (Phi) is 4.33. The second kappa shape index (κ2) is 7.14. The van der Waals surface area contributed by atoms with Crippen molar-refractivity contribution in [3.63, 3.8) is 0 Å². The maximum atomic E-state index is 6.07. The summed E-state index contributed by atoms with van der Waals surface area (Å²) in [5.41, 5.74) is 4.46. The molecule has 0 radical (unpaired) electrons. The fourth-order valence-corrected chi connectivity index (χ4v) is 3.45. The Hall–Kier alpha value is -3.52. The highest BCUT2D eigenvalue weighted by molar-refractivity contribution is 5.61. The SMILES string of the molecule is COc1ccc([C@@H]2Cn3nnc(-c4noc(-c5ccccc5C)n4)c3CO2)cc1. The summed E-state index contributed by atoms with van der Waals surface area (Å²) in [5, 5.41) is 12.7. The molecule has 5 rings (SSSR count). The monoisotopic (exact) mass is 389 g/mol. The van der Waals surface area contributed by atoms with Crippen LogP contribution in [0, 0.1) is 6.92 Å². The summed E-state index contributed by atoms with van der Waals surface area (Å²) in [6.45, 7) is 2.94. The van der Waals surface area contributed by atoms with Gasteiger partial charge >= 0.3 is 0 Å². The average molecular weight is 389 g/mol. The first-order valence-electron chi connectivity index (χ1n) is 9.31. The van der Waals surface area contributed by atoms with E-state index in [0.29, 0.717) is 30.6 Å². The van der Waals surface area contributed by atoms with E-state index in [9.17, 15) is 0 Å². The van der Waals surface area contributed by atoms with Crippen molar-refractivity contribution in [1.29, 1.82) is 0 Å². The van der Waals surface area contributed by atoms with Gasteiger partial charge in [-0.2, -0.15) is 4.98 Å². The van der Waals surface area contributed by atoms with Crippen molar-refractivity contribution in [2.45, 2.75) is 26.2 Å². The Labute approximate surface area is 167 Å². The van der Waals surface area contributed by atoms with Crippen LogP contribution < -0.4 is 4.74 Å². The van der Waals surface area contributed by atoms with Crippen LogP contribution in [0.3, 0.4) is 0 Å². The molecule has 0 bridgehead atoms. The van der Waals surface area contributed by atoms with Gasteiger partial charge in [-0.25, -0.2) is 4.68 Å². The Morgan fingerprint density at radius 2 is 1.93 bits per heavy atom. The third-order valence-electron chi connectivity index (χ3n) is 5.10. The molecule has 0 amide bonds. The van der Waals surface area contributed by atoms with Crippen molar-refractivity contribution in [1.82, 2.24) is 25.1 Å². The lowest BCUT2D eigenvalue weighted by Gasteiger charge is -2.24. The molecule has 0 fully saturated rings. The van der Waals surface area contributed by atoms with Gasteiger partial charge in [-0.1, -0.05) is 40.7 Å². The second-order valence-electron chi connectivity index (χ2n) is 6.88. The van der Waals surface area contributed by atoms with Gasteiger partial charge in [0.1, 0.15) is 11.9 Å². The molecule has 0 saturated heterocycles. The first-order chi connectivity index (χ1) is 14.2. The molecule has 3 heterocycles. The summed E-state index contributed by atoms with van der Waals surface area (Å²) in [5.74, 6) is 1.69. The van der Waals surface area contributed by atoms with Gasteiger partial charge in [0.05, 0.1) is 26.0 Å². The molecule has 1 aliphatic rings. The molecule has 4 aromatic rings. The lowest BCUT2D eigenvalue weighted by molar-refractivity contribution is -0.00114. The summed E-state index contributed by atoms with van der Waals surface area (Å²) in [6.07, 6.45) is -0.101. The number of fused-ring (bicyclic) bond motifs is 1. The molecule has 0 spiro atoms. The molecule has 0 aliphatic carbocycles. The maximum absolute atomic E-state index is 6.07. The quantitative estimate of drug-likeness (QED) is 0.527. The lowest BCUT2D eigenvalue weighted by atomic mass is 10.1. The standard InChI is InChI=1S/C21H19N5O3/c1-13-5-3-4-6-16(13)21-22-20(24-29-21)19-17-12-28-18(11-26(17)25-23-19)14-7-9-15(27-2)10-8-14/h3-10,18H,11-12H2,1-2H3/t18-/m0/s1. The zero-order valence-electron chi connectivity index (χ0n) is 16.1. The summed E-state index contributed by atoms with van der Waals surface area (Å²) in [7, 11) is 1.65. The van der Waals surface area contributed by atoms with Gasteiger partial charge in [0.25, 0.3) is 5.89 Å². The largest absolute Gasteiger partial charge is 0.497 e. The topological polar surface area (TPSA) is 88.1 Å². The summed E-state index contributed by atoms with van der Waals surface area (Å²) in [4.78, 5) is 4.53. The molecule has 146 valence electrons. The molecular weight excluding hydrogens is 370 g/mol. The number of methoxy groups -OCH3 is 1. The van der Waals surface area contributed by atoms with Crippen molar-refractivity contribution < 1.29 is 14.0 Å². The van der Waals surface area contributed by atoms with Crippen LogP contribution in [-0.4, -0.2) is 32.2 Å². The second-order valence-corrected chi connectivity index (χ2v) is 6.88. The van der Waals surface area contributed by atoms with E-state index in [2.05, 4.69) is 20.5 Å². The predicted molar refractivity (Wildman–Crippen MR) is 104 cm³/mol. The van der Waals surface area contributed by atoms with E-state index in [4.69, 9.17) is 14.0 Å². The molecule has 0 unspecified atom stereocenters. The van der Waals surface area contributed by atoms with Crippen molar-refractivity contribution in [3.05, 3.63) is 65.4 Å². The van der Waals surface area contributed by atoms with Crippen molar-refractivity contribution in [3.8, 4) is 28.7 Å². The van der Waals surface area contributed by atoms with E-state index in [1.807, 2.05) is 60.1 Å². The van der Waals surface area contributed by atoms with Crippen LogP contribution in [-0.2, 0) is 17.9 Å². The van der Waals surface area contributed by atoms with E-state index in [1.165, 1.54) is 0 Å². The first kappa shape index (κ1) is 17.6. The van der Waals surface area contributed by atoms with Crippen LogP contribution in [0.25, 0.3) is 23.0 Å². The smallest absolute Gasteiger partial charge is 0.258 e. The van der Waals surface area contributed by atoms with Crippen molar-refractivity contribution in [2.75, 3.05) is 7.11 Å².